The van der Waals surface area contributed by atoms with Gasteiger partial charge < -0.3 is 14.0 Å². The molecule has 0 N–H and O–H groups in total. The number of rotatable bonds is 5. The first kappa shape index (κ1) is 15.8. The number of aromatic nitrogens is 3. The molecule has 6 nitrogen and oxygen atoms in total. The lowest BCUT2D eigenvalue weighted by Crippen LogP contribution is -1.95. The molecule has 124 valence electrons. The lowest BCUT2D eigenvalue weighted by Gasteiger charge is -2.09. The van der Waals surface area contributed by atoms with Crippen LogP contribution in [0.25, 0.3) is 11.3 Å². The summed E-state index contributed by atoms with van der Waals surface area (Å²) >= 11 is 0. The number of alkyl halides is 2. The van der Waals surface area contributed by atoms with Gasteiger partial charge >= 0.3 is 0 Å². The van der Waals surface area contributed by atoms with E-state index in [1.54, 1.807) is 0 Å². The first-order chi connectivity index (χ1) is 11.6. The molecule has 0 amide bonds. The van der Waals surface area contributed by atoms with Gasteiger partial charge in [0, 0.05) is 6.07 Å². The fourth-order valence-corrected chi connectivity index (χ4v) is 1.94. The molecule has 0 aliphatic rings. The van der Waals surface area contributed by atoms with Crippen LogP contribution in [-0.2, 0) is 0 Å². The molecule has 0 spiro atoms. The Balaban J connectivity index is 2.00. The Hall–Kier alpha value is -3.10. The maximum atomic E-state index is 14.2. The summed E-state index contributed by atoms with van der Waals surface area (Å²) in [5.74, 6) is -0.544. The van der Waals surface area contributed by atoms with Gasteiger partial charge in [0.05, 0.1) is 18.7 Å². The Morgan fingerprint density at radius 2 is 1.92 bits per heavy atom. The average molecular weight is 337 g/mol. The van der Waals surface area contributed by atoms with E-state index in [0.717, 1.165) is 12.1 Å². The van der Waals surface area contributed by atoms with Crippen LogP contribution in [0.1, 0.15) is 12.1 Å². The summed E-state index contributed by atoms with van der Waals surface area (Å²) < 4.78 is 54.7. The monoisotopic (exact) mass is 337 g/mol. The number of halogens is 3. The largest absolute Gasteiger partial charge is 0.481 e. The summed E-state index contributed by atoms with van der Waals surface area (Å²) in [6.07, 6.45) is -1.62. The molecule has 1 aromatic carbocycles. The van der Waals surface area contributed by atoms with Gasteiger partial charge in [-0.3, -0.25) is 0 Å². The number of hydrogen-bond donors (Lipinski definition) is 0. The van der Waals surface area contributed by atoms with Gasteiger partial charge in [-0.25, -0.2) is 23.1 Å². The van der Waals surface area contributed by atoms with Crippen LogP contribution in [0.2, 0.25) is 0 Å². The highest BCUT2D eigenvalue weighted by Gasteiger charge is 2.21. The van der Waals surface area contributed by atoms with Crippen LogP contribution in [0, 0.1) is 5.82 Å². The minimum atomic E-state index is -2.83. The van der Waals surface area contributed by atoms with E-state index >= 15 is 0 Å². The molecule has 0 saturated heterocycles. The lowest BCUT2D eigenvalue weighted by atomic mass is 10.1. The number of nitrogens with zero attached hydrogens (tertiary/aromatic N) is 3. The van der Waals surface area contributed by atoms with Crippen molar-refractivity contribution in [2.24, 2.45) is 0 Å². The minimum Gasteiger partial charge on any atom is -0.481 e. The zero-order chi connectivity index (χ0) is 17.1. The van der Waals surface area contributed by atoms with Gasteiger partial charge in [-0.2, -0.15) is 0 Å². The predicted octanol–water partition coefficient (Wildman–Crippen LogP) is 4.01. The normalized spacial score (nSPS) is 10.9. The van der Waals surface area contributed by atoms with E-state index in [0.29, 0.717) is 0 Å². The van der Waals surface area contributed by atoms with Crippen molar-refractivity contribution in [3.8, 4) is 28.8 Å². The SMILES string of the molecule is COc1cc(Oc2cccc(F)c2-c2cc(C(F)F)no2)ncn1. The van der Waals surface area contributed by atoms with Gasteiger partial charge in [0.2, 0.25) is 11.8 Å². The van der Waals surface area contributed by atoms with E-state index in [1.165, 1.54) is 31.6 Å². The Morgan fingerprint density at radius 1 is 1.12 bits per heavy atom. The van der Waals surface area contributed by atoms with Crippen LogP contribution >= 0.6 is 0 Å². The minimum absolute atomic E-state index is 0.0210. The summed E-state index contributed by atoms with van der Waals surface area (Å²) in [6.45, 7) is 0. The van der Waals surface area contributed by atoms with E-state index in [4.69, 9.17) is 14.0 Å². The first-order valence-corrected chi connectivity index (χ1v) is 6.66. The maximum absolute atomic E-state index is 14.2. The summed E-state index contributed by atoms with van der Waals surface area (Å²) in [6, 6.07) is 6.33. The molecule has 3 rings (SSSR count). The topological polar surface area (TPSA) is 70.3 Å². The Bertz CT molecular complexity index is 855. The van der Waals surface area contributed by atoms with Gasteiger partial charge in [-0.1, -0.05) is 11.2 Å². The van der Waals surface area contributed by atoms with Gasteiger partial charge in [-0.05, 0) is 12.1 Å². The zero-order valence-electron chi connectivity index (χ0n) is 12.2. The number of benzene rings is 1. The second-order valence-electron chi connectivity index (χ2n) is 4.53. The molecule has 0 radical (unpaired) electrons. The van der Waals surface area contributed by atoms with Gasteiger partial charge in [-0.15, -0.1) is 0 Å². The Kier molecular flexibility index (Phi) is 4.32. The molecule has 0 bridgehead atoms. The van der Waals surface area contributed by atoms with Crippen LogP contribution < -0.4 is 9.47 Å². The number of hydrogen-bond acceptors (Lipinski definition) is 6. The molecule has 0 saturated carbocycles. The Morgan fingerprint density at radius 3 is 2.62 bits per heavy atom. The molecule has 0 aliphatic heterocycles. The number of ether oxygens (including phenoxy) is 2. The predicted molar refractivity (Wildman–Crippen MR) is 75.5 cm³/mol. The molecule has 2 aromatic heterocycles. The zero-order valence-corrected chi connectivity index (χ0v) is 12.2. The number of methoxy groups -OCH3 is 1. The summed E-state index contributed by atoms with van der Waals surface area (Å²) in [5.41, 5.74) is -0.739. The maximum Gasteiger partial charge on any atom is 0.283 e. The third-order valence-corrected chi connectivity index (χ3v) is 3.01. The molecule has 0 unspecified atom stereocenters. The highest BCUT2D eigenvalue weighted by atomic mass is 19.3. The molecule has 9 heteroatoms. The third kappa shape index (κ3) is 3.14. The molecular weight excluding hydrogens is 327 g/mol. The highest BCUT2D eigenvalue weighted by molar-refractivity contribution is 5.67. The lowest BCUT2D eigenvalue weighted by molar-refractivity contribution is 0.140. The first-order valence-electron chi connectivity index (χ1n) is 6.66. The fraction of sp³-hybridized carbons (Fsp3) is 0.133. The van der Waals surface area contributed by atoms with E-state index in [2.05, 4.69) is 15.1 Å². The van der Waals surface area contributed by atoms with Crippen LogP contribution in [-0.4, -0.2) is 22.2 Å². The molecule has 3 aromatic rings. The van der Waals surface area contributed by atoms with E-state index in [-0.39, 0.29) is 28.8 Å². The van der Waals surface area contributed by atoms with Crippen molar-refractivity contribution < 1.29 is 27.2 Å². The Labute approximate surface area is 133 Å². The van der Waals surface area contributed by atoms with Crippen molar-refractivity contribution in [1.82, 2.24) is 15.1 Å². The second kappa shape index (κ2) is 6.57. The van der Waals surface area contributed by atoms with Gasteiger partial charge in [0.25, 0.3) is 6.43 Å². The van der Waals surface area contributed by atoms with Crippen LogP contribution in [0.4, 0.5) is 13.2 Å². The van der Waals surface area contributed by atoms with Gasteiger partial charge in [0.1, 0.15) is 23.6 Å². The third-order valence-electron chi connectivity index (χ3n) is 3.01. The van der Waals surface area contributed by atoms with Gasteiger partial charge in [0.15, 0.2) is 5.76 Å². The van der Waals surface area contributed by atoms with E-state index in [1.807, 2.05) is 0 Å². The molecule has 0 atom stereocenters. The molecular formula is C15H10F3N3O3. The average Bonchev–Trinajstić information content (AvgIpc) is 3.05. The molecule has 0 aliphatic carbocycles. The summed E-state index contributed by atoms with van der Waals surface area (Å²) in [7, 11) is 1.42. The second-order valence-corrected chi connectivity index (χ2v) is 4.53. The van der Waals surface area contributed by atoms with Crippen molar-refractivity contribution in [3.63, 3.8) is 0 Å². The van der Waals surface area contributed by atoms with E-state index < -0.39 is 17.9 Å². The van der Waals surface area contributed by atoms with Crippen LogP contribution in [0.15, 0.2) is 41.2 Å². The quantitative estimate of drug-likeness (QED) is 0.700. The highest BCUT2D eigenvalue weighted by Crippen LogP contribution is 2.36. The summed E-state index contributed by atoms with van der Waals surface area (Å²) in [4.78, 5) is 7.70. The summed E-state index contributed by atoms with van der Waals surface area (Å²) in [5, 5.41) is 3.22. The molecule has 2 heterocycles. The van der Waals surface area contributed by atoms with E-state index in [9.17, 15) is 13.2 Å². The standard InChI is InChI=1S/C15H10F3N3O3/c1-22-12-6-13(20-7-19-12)23-10-4-2-3-8(16)14(10)11-5-9(15(17)18)21-24-11/h2-7,15H,1H3. The van der Waals surface area contributed by atoms with Crippen LogP contribution in [0.5, 0.6) is 17.5 Å². The van der Waals surface area contributed by atoms with Crippen LogP contribution in [0.3, 0.4) is 0 Å². The van der Waals surface area contributed by atoms with Crippen molar-refractivity contribution in [1.29, 1.82) is 0 Å². The van der Waals surface area contributed by atoms with Crippen molar-refractivity contribution in [2.75, 3.05) is 7.11 Å². The fourth-order valence-electron chi connectivity index (χ4n) is 1.94. The smallest absolute Gasteiger partial charge is 0.283 e. The van der Waals surface area contributed by atoms with Crippen molar-refractivity contribution in [2.45, 2.75) is 6.43 Å². The molecule has 0 fully saturated rings. The molecule has 24 heavy (non-hydrogen) atoms. The van der Waals surface area contributed by atoms with Crippen molar-refractivity contribution >= 4 is 0 Å². The van der Waals surface area contributed by atoms with Crippen molar-refractivity contribution in [3.05, 3.63) is 48.2 Å².